The Morgan fingerprint density at radius 1 is 0.902 bits per heavy atom. The fourth-order valence-electron chi connectivity index (χ4n) is 5.93. The van der Waals surface area contributed by atoms with Gasteiger partial charge in [-0.15, -0.1) is 0 Å². The van der Waals surface area contributed by atoms with Gasteiger partial charge in [-0.3, -0.25) is 13.9 Å². The number of ether oxygens (including phenoxy) is 5. The predicted molar refractivity (Wildman–Crippen MR) is 159 cm³/mol. The summed E-state index contributed by atoms with van der Waals surface area (Å²) in [5.41, 5.74) is 17.5. The molecule has 4 heterocycles. The van der Waals surface area contributed by atoms with Crippen LogP contribution in [0.25, 0.3) is 11.2 Å². The van der Waals surface area contributed by atoms with Crippen molar-refractivity contribution >= 4 is 33.4 Å². The molecule has 5 rings (SSSR count). The predicted octanol–water partition coefficient (Wildman–Crippen LogP) is -8.28. The van der Waals surface area contributed by atoms with Crippen LogP contribution in [-0.2, 0) is 43.1 Å². The summed E-state index contributed by atoms with van der Waals surface area (Å²) < 4.78 is 67.0. The van der Waals surface area contributed by atoms with E-state index in [0.29, 0.717) is 0 Å². The van der Waals surface area contributed by atoms with E-state index in [2.05, 4.69) is 19.1 Å². The van der Waals surface area contributed by atoms with E-state index in [1.807, 2.05) is 0 Å². The second kappa shape index (κ2) is 15.6. The highest BCUT2D eigenvalue weighted by molar-refractivity contribution is 7.80. The van der Waals surface area contributed by atoms with Crippen molar-refractivity contribution in [3.63, 3.8) is 0 Å². The van der Waals surface area contributed by atoms with Crippen LogP contribution >= 0.6 is 0 Å². The largest absolute Gasteiger partial charge is 0.455 e. The van der Waals surface area contributed by atoms with Gasteiger partial charge in [0, 0.05) is 0 Å². The molecule has 2 aromatic rings. The smallest absolute Gasteiger partial charge is 0.397 e. The highest BCUT2D eigenvalue weighted by Crippen LogP contribution is 2.36. The molecule has 288 valence electrons. The highest BCUT2D eigenvalue weighted by atomic mass is 32.3. The van der Waals surface area contributed by atoms with Gasteiger partial charge in [0.1, 0.15) is 85.0 Å². The Labute approximate surface area is 287 Å². The third-order valence-corrected chi connectivity index (χ3v) is 9.11. The zero-order valence-corrected chi connectivity index (χ0v) is 27.0. The summed E-state index contributed by atoms with van der Waals surface area (Å²) in [6.07, 6.45) is -23.8. The minimum atomic E-state index is -5.50. The molecule has 3 aliphatic rings. The van der Waals surface area contributed by atoms with Crippen LogP contribution in [0.1, 0.15) is 6.23 Å². The lowest BCUT2D eigenvalue weighted by atomic mass is 9.84. The quantitative estimate of drug-likeness (QED) is 0.0706. The molecule has 25 nitrogen and oxygen atoms in total. The maximum Gasteiger partial charge on any atom is 0.397 e. The van der Waals surface area contributed by atoms with E-state index in [-0.39, 0.29) is 17.0 Å². The molecule has 0 spiro atoms. The Morgan fingerprint density at radius 2 is 1.57 bits per heavy atom. The average molecular weight is 758 g/mol. The summed E-state index contributed by atoms with van der Waals surface area (Å²) in [6.45, 7) is -2.61. The molecule has 0 amide bonds. The van der Waals surface area contributed by atoms with Crippen molar-refractivity contribution in [2.75, 3.05) is 25.6 Å². The molecule has 2 aromatic heterocycles. The molecule has 3 fully saturated rings. The van der Waals surface area contributed by atoms with Gasteiger partial charge in [0.05, 0.1) is 32.2 Å². The van der Waals surface area contributed by atoms with Crippen molar-refractivity contribution in [1.82, 2.24) is 19.5 Å². The molecular formula is C25H39N7O18S. The second-order valence-corrected chi connectivity index (χ2v) is 13.0. The number of rotatable bonds is 12. The van der Waals surface area contributed by atoms with E-state index in [9.17, 15) is 58.6 Å². The maximum atomic E-state index is 12.7. The lowest BCUT2D eigenvalue weighted by Crippen LogP contribution is -2.70. The van der Waals surface area contributed by atoms with Crippen LogP contribution in [0.4, 0.5) is 5.82 Å². The molecular weight excluding hydrogens is 718 g/mol. The molecule has 26 heteroatoms. The minimum Gasteiger partial charge on any atom is -0.455 e. The van der Waals surface area contributed by atoms with Gasteiger partial charge >= 0.3 is 16.4 Å². The fourth-order valence-corrected chi connectivity index (χ4v) is 6.43. The first-order valence-corrected chi connectivity index (χ1v) is 16.5. The number of nitrogens with two attached hydrogens (primary N) is 3. The van der Waals surface area contributed by atoms with E-state index in [1.54, 1.807) is 0 Å². The van der Waals surface area contributed by atoms with Crippen molar-refractivity contribution in [3.05, 3.63) is 12.7 Å². The number of esters is 1. The number of carbonyl (C=O) groups is 1. The van der Waals surface area contributed by atoms with Gasteiger partial charge in [0.15, 0.2) is 30.1 Å². The van der Waals surface area contributed by atoms with Crippen molar-refractivity contribution in [2.45, 2.75) is 97.8 Å². The Morgan fingerprint density at radius 3 is 2.22 bits per heavy atom. The molecule has 51 heavy (non-hydrogen) atoms. The molecule has 2 saturated heterocycles. The van der Waals surface area contributed by atoms with E-state index >= 15 is 0 Å². The molecule has 1 aliphatic carbocycles. The Kier molecular flexibility index (Phi) is 12.0. The van der Waals surface area contributed by atoms with Gasteiger partial charge in [0.25, 0.3) is 0 Å². The SMILES string of the molecule is Nc1ncnc2c1ncn2[C@@H]1O[C@@H](CO[C@H]2[C@@H](O)[C@@H](O[C@@H]3O[C@H](CO)[C@@H](O)[C@@H](O)[C@H]3N)[C@H](O)[C@H](OS(=O)(=O)O)[C@H]2OC(=O)[C@@H](N)CO)[C@@H](O)[C@H]1O. The maximum absolute atomic E-state index is 12.7. The number of aliphatic hydroxyl groups is 8. The van der Waals surface area contributed by atoms with Crippen LogP contribution in [0.3, 0.4) is 0 Å². The summed E-state index contributed by atoms with van der Waals surface area (Å²) in [5, 5.41) is 83.9. The molecule has 0 bridgehead atoms. The van der Waals surface area contributed by atoms with Gasteiger partial charge in [-0.05, 0) is 0 Å². The first kappa shape index (κ1) is 39.3. The zero-order chi connectivity index (χ0) is 37.5. The Hall–Kier alpha value is -2.87. The number of aliphatic hydroxyl groups excluding tert-OH is 8. The van der Waals surface area contributed by atoms with Crippen LogP contribution in [0.5, 0.6) is 0 Å². The Bertz CT molecular complexity index is 1620. The summed E-state index contributed by atoms with van der Waals surface area (Å²) in [4.78, 5) is 24.6. The van der Waals surface area contributed by atoms with Crippen LogP contribution in [0.15, 0.2) is 12.7 Å². The third-order valence-electron chi connectivity index (χ3n) is 8.65. The van der Waals surface area contributed by atoms with Crippen molar-refractivity contribution < 1.29 is 86.5 Å². The average Bonchev–Trinajstić information content (AvgIpc) is 3.64. The third kappa shape index (κ3) is 7.91. The monoisotopic (exact) mass is 757 g/mol. The summed E-state index contributed by atoms with van der Waals surface area (Å²) in [6, 6.07) is -3.34. The number of anilines is 1. The number of fused-ring (bicyclic) bond motifs is 1. The van der Waals surface area contributed by atoms with Crippen LogP contribution in [0.2, 0.25) is 0 Å². The Balaban J connectivity index is 1.44. The first-order valence-electron chi connectivity index (χ1n) is 15.2. The van der Waals surface area contributed by atoms with Crippen molar-refractivity contribution in [1.29, 1.82) is 0 Å². The lowest BCUT2D eigenvalue weighted by Gasteiger charge is -2.48. The normalized spacial score (nSPS) is 39.6. The van der Waals surface area contributed by atoms with Crippen LogP contribution in [-0.4, -0.2) is 191 Å². The van der Waals surface area contributed by atoms with Gasteiger partial charge in [-0.25, -0.2) is 19.1 Å². The molecule has 15 N–H and O–H groups in total. The van der Waals surface area contributed by atoms with Gasteiger partial charge in [-0.1, -0.05) is 0 Å². The van der Waals surface area contributed by atoms with Gasteiger partial charge in [0.2, 0.25) is 0 Å². The van der Waals surface area contributed by atoms with Crippen molar-refractivity contribution in [2.24, 2.45) is 11.5 Å². The van der Waals surface area contributed by atoms with Crippen LogP contribution in [0, 0.1) is 0 Å². The number of carbonyl (C=O) groups excluding carboxylic acids is 1. The minimum absolute atomic E-state index is 0.0113. The fraction of sp³-hybridized carbons (Fsp3) is 0.760. The number of imidazole rings is 1. The number of hydrogen-bond acceptors (Lipinski definition) is 23. The summed E-state index contributed by atoms with van der Waals surface area (Å²) in [5.74, 6) is -1.41. The first-order chi connectivity index (χ1) is 24.0. The highest BCUT2D eigenvalue weighted by Gasteiger charge is 2.58. The number of nitrogen functional groups attached to an aromatic ring is 1. The van der Waals surface area contributed by atoms with E-state index in [1.165, 1.54) is 10.9 Å². The topological polar surface area (TPSA) is 410 Å². The number of hydrogen-bond donors (Lipinski definition) is 12. The molecule has 0 radical (unpaired) electrons. The van der Waals surface area contributed by atoms with Crippen LogP contribution < -0.4 is 17.2 Å². The van der Waals surface area contributed by atoms with Crippen molar-refractivity contribution in [3.8, 4) is 0 Å². The number of aromatic nitrogens is 4. The molecule has 1 saturated carbocycles. The summed E-state index contributed by atoms with van der Waals surface area (Å²) in [7, 11) is -5.50. The molecule has 0 unspecified atom stereocenters. The van der Waals surface area contributed by atoms with E-state index in [0.717, 1.165) is 6.33 Å². The lowest BCUT2D eigenvalue weighted by molar-refractivity contribution is -0.319. The van der Waals surface area contributed by atoms with Gasteiger partial charge in [-0.2, -0.15) is 8.42 Å². The van der Waals surface area contributed by atoms with Gasteiger partial charge < -0.3 is 81.7 Å². The van der Waals surface area contributed by atoms with E-state index in [4.69, 9.17) is 40.9 Å². The molecule has 2 aliphatic heterocycles. The molecule has 0 aromatic carbocycles. The zero-order valence-electron chi connectivity index (χ0n) is 26.1. The number of nitrogens with zero attached hydrogens (tertiary/aromatic N) is 4. The second-order valence-electron chi connectivity index (χ2n) is 12.0. The summed E-state index contributed by atoms with van der Waals surface area (Å²) >= 11 is 0. The van der Waals surface area contributed by atoms with E-state index < -0.39 is 134 Å². The molecule has 16 atom stereocenters. The standard InChI is InChI=1S/C25H39N7O18S/c26-6(1-33)24(41)48-20-18(45-3-8-12(36)14(38)23(46-8)32-5-31-10-21(28)29-4-30-22(10)32)15(39)17(16(40)19(20)50-51(42,43)44)49-25-9(27)13(37)11(35)7(2-34)47-25/h4-9,11-20,23,25,33-40H,1-3,26-27H2,(H2,28,29,30)(H,42,43,44)/t6-,7+,8-,9+,11+,12+,13-,14+,15-,16-,17+,18-,19-,20-,23+,25-/m0/s1.